The van der Waals surface area contributed by atoms with Crippen LogP contribution >= 0.6 is 0 Å². The number of amides is 2. The third-order valence-corrected chi connectivity index (χ3v) is 4.45. The number of carbonyl (C=O) groups is 2. The maximum Gasteiger partial charge on any atom is 0.272 e. The van der Waals surface area contributed by atoms with Crippen molar-refractivity contribution in [1.82, 2.24) is 15.6 Å². The van der Waals surface area contributed by atoms with Crippen molar-refractivity contribution in [2.75, 3.05) is 6.67 Å². The Bertz CT molecular complexity index is 1180. The summed E-state index contributed by atoms with van der Waals surface area (Å²) in [5.74, 6) is -3.46. The molecule has 0 saturated carbocycles. The van der Waals surface area contributed by atoms with Crippen molar-refractivity contribution in [3.63, 3.8) is 0 Å². The standard InChI is InChI=1S/C22H20F2N4O4/c23-15-7-6-14(17(24)8-15)9-27-21(30)16-10-26-18(22(31)28-12-25)20(19(16)29)32-11-13-4-2-1-3-5-13/h1-8,10H,9,11-12,25H2,(H,26,29)(H,27,30)(H,28,31). The largest absolute Gasteiger partial charge is 0.483 e. The van der Waals surface area contributed by atoms with Crippen molar-refractivity contribution in [2.24, 2.45) is 5.73 Å². The summed E-state index contributed by atoms with van der Waals surface area (Å²) < 4.78 is 32.4. The van der Waals surface area contributed by atoms with Gasteiger partial charge in [0.1, 0.15) is 23.8 Å². The molecule has 10 heteroatoms. The van der Waals surface area contributed by atoms with Gasteiger partial charge in [-0.1, -0.05) is 36.4 Å². The molecule has 0 aliphatic heterocycles. The first-order valence-corrected chi connectivity index (χ1v) is 9.53. The summed E-state index contributed by atoms with van der Waals surface area (Å²) in [4.78, 5) is 40.3. The molecule has 0 radical (unpaired) electrons. The fraction of sp³-hybridized carbons (Fsp3) is 0.136. The number of pyridine rings is 1. The number of benzene rings is 2. The molecule has 0 unspecified atom stereocenters. The maximum absolute atomic E-state index is 13.8. The predicted octanol–water partition coefficient (Wildman–Crippen LogP) is 1.81. The summed E-state index contributed by atoms with van der Waals surface area (Å²) in [6, 6.07) is 11.8. The Labute approximate surface area is 181 Å². The lowest BCUT2D eigenvalue weighted by Crippen LogP contribution is -2.34. The van der Waals surface area contributed by atoms with Crippen molar-refractivity contribution in [1.29, 1.82) is 0 Å². The molecule has 8 nitrogen and oxygen atoms in total. The zero-order valence-corrected chi connectivity index (χ0v) is 16.8. The van der Waals surface area contributed by atoms with Gasteiger partial charge in [0, 0.05) is 24.4 Å². The van der Waals surface area contributed by atoms with Crippen molar-refractivity contribution in [3.8, 4) is 5.75 Å². The molecule has 0 fully saturated rings. The molecule has 2 amide bonds. The minimum Gasteiger partial charge on any atom is -0.483 e. The van der Waals surface area contributed by atoms with Crippen molar-refractivity contribution in [2.45, 2.75) is 13.2 Å². The summed E-state index contributed by atoms with van der Waals surface area (Å²) in [6.07, 6.45) is 1.06. The van der Waals surface area contributed by atoms with Gasteiger partial charge in [0.25, 0.3) is 11.8 Å². The number of nitrogens with two attached hydrogens (primary N) is 1. The average Bonchev–Trinajstić information content (AvgIpc) is 2.78. The zero-order valence-electron chi connectivity index (χ0n) is 16.8. The number of aromatic nitrogens is 1. The highest BCUT2D eigenvalue weighted by Gasteiger charge is 2.22. The molecule has 2 aromatic carbocycles. The number of nitrogens with one attached hydrogen (secondary N) is 3. The summed E-state index contributed by atoms with van der Waals surface area (Å²) in [6.45, 7) is -0.483. The van der Waals surface area contributed by atoms with E-state index >= 15 is 0 Å². The van der Waals surface area contributed by atoms with E-state index in [0.29, 0.717) is 6.07 Å². The van der Waals surface area contributed by atoms with Gasteiger partial charge in [0.05, 0.1) is 6.67 Å². The first-order valence-electron chi connectivity index (χ1n) is 9.53. The van der Waals surface area contributed by atoms with E-state index in [4.69, 9.17) is 10.5 Å². The average molecular weight is 442 g/mol. The molecule has 5 N–H and O–H groups in total. The van der Waals surface area contributed by atoms with Gasteiger partial charge in [-0.25, -0.2) is 8.78 Å². The van der Waals surface area contributed by atoms with Crippen LogP contribution in [-0.4, -0.2) is 23.5 Å². The quantitative estimate of drug-likeness (QED) is 0.396. The van der Waals surface area contributed by atoms with Crippen molar-refractivity contribution >= 4 is 11.8 Å². The number of H-pyrrole nitrogens is 1. The molecule has 3 rings (SSSR count). The lowest BCUT2D eigenvalue weighted by molar-refractivity contribution is 0.0930. The van der Waals surface area contributed by atoms with Crippen molar-refractivity contribution in [3.05, 3.63) is 99.0 Å². The van der Waals surface area contributed by atoms with Gasteiger partial charge in [0.15, 0.2) is 11.4 Å². The third-order valence-electron chi connectivity index (χ3n) is 4.45. The van der Waals surface area contributed by atoms with Crippen LogP contribution in [0.4, 0.5) is 8.78 Å². The molecule has 1 aromatic heterocycles. The molecule has 0 aliphatic rings. The van der Waals surface area contributed by atoms with E-state index in [2.05, 4.69) is 15.6 Å². The normalized spacial score (nSPS) is 10.5. The van der Waals surface area contributed by atoms with Gasteiger partial charge < -0.3 is 26.1 Å². The summed E-state index contributed by atoms with van der Waals surface area (Å²) in [7, 11) is 0. The van der Waals surface area contributed by atoms with E-state index in [1.165, 1.54) is 6.07 Å². The molecule has 0 saturated heterocycles. The van der Waals surface area contributed by atoms with Crippen LogP contribution in [0.15, 0.2) is 59.5 Å². The highest BCUT2D eigenvalue weighted by molar-refractivity contribution is 5.98. The number of ether oxygens (including phenoxy) is 1. The second kappa shape index (κ2) is 10.3. The van der Waals surface area contributed by atoms with E-state index in [9.17, 15) is 23.2 Å². The Kier molecular flexibility index (Phi) is 7.29. The van der Waals surface area contributed by atoms with Crippen LogP contribution in [0.3, 0.4) is 0 Å². The lowest BCUT2D eigenvalue weighted by Gasteiger charge is -2.13. The predicted molar refractivity (Wildman–Crippen MR) is 112 cm³/mol. The van der Waals surface area contributed by atoms with E-state index in [-0.39, 0.29) is 42.4 Å². The molecule has 3 aromatic rings. The smallest absolute Gasteiger partial charge is 0.272 e. The van der Waals surface area contributed by atoms with Crippen LogP contribution in [0.2, 0.25) is 0 Å². The van der Waals surface area contributed by atoms with Crippen LogP contribution in [0.25, 0.3) is 0 Å². The molecule has 0 atom stereocenters. The lowest BCUT2D eigenvalue weighted by atomic mass is 10.1. The molecular weight excluding hydrogens is 422 g/mol. The minimum absolute atomic E-state index is 0.0291. The summed E-state index contributed by atoms with van der Waals surface area (Å²) in [5.41, 5.74) is 4.73. The first kappa shape index (κ1) is 22.6. The molecule has 0 bridgehead atoms. The van der Waals surface area contributed by atoms with E-state index < -0.39 is 28.9 Å². The van der Waals surface area contributed by atoms with E-state index in [1.807, 2.05) is 6.07 Å². The zero-order chi connectivity index (χ0) is 23.1. The first-order chi connectivity index (χ1) is 15.4. The van der Waals surface area contributed by atoms with Gasteiger partial charge in [0.2, 0.25) is 5.43 Å². The summed E-state index contributed by atoms with van der Waals surface area (Å²) >= 11 is 0. The maximum atomic E-state index is 13.8. The third kappa shape index (κ3) is 5.35. The monoisotopic (exact) mass is 442 g/mol. The fourth-order valence-corrected chi connectivity index (χ4v) is 2.83. The molecule has 1 heterocycles. The highest BCUT2D eigenvalue weighted by Crippen LogP contribution is 2.15. The van der Waals surface area contributed by atoms with Gasteiger partial charge >= 0.3 is 0 Å². The highest BCUT2D eigenvalue weighted by atomic mass is 19.1. The van der Waals surface area contributed by atoms with Crippen LogP contribution < -0.4 is 26.5 Å². The Balaban J connectivity index is 1.86. The topological polar surface area (TPSA) is 126 Å². The molecule has 166 valence electrons. The Hall–Kier alpha value is -4.05. The SMILES string of the molecule is NCNC(=O)c1[nH]cc(C(=O)NCc2ccc(F)cc2F)c(=O)c1OCc1ccccc1. The van der Waals surface area contributed by atoms with Gasteiger partial charge in [-0.05, 0) is 11.6 Å². The Morgan fingerprint density at radius 1 is 1.03 bits per heavy atom. The molecular formula is C22H20F2N4O4. The number of halogens is 2. The minimum atomic E-state index is -0.834. The van der Waals surface area contributed by atoms with Crippen LogP contribution in [0.1, 0.15) is 32.0 Å². The number of rotatable bonds is 8. The molecule has 0 aliphatic carbocycles. The van der Waals surface area contributed by atoms with Gasteiger partial charge in [-0.2, -0.15) is 0 Å². The Morgan fingerprint density at radius 3 is 2.47 bits per heavy atom. The van der Waals surface area contributed by atoms with Gasteiger partial charge in [-0.15, -0.1) is 0 Å². The number of carbonyl (C=O) groups excluding carboxylic acids is 2. The Morgan fingerprint density at radius 2 is 1.78 bits per heavy atom. The number of hydrogen-bond donors (Lipinski definition) is 4. The van der Waals surface area contributed by atoms with Crippen LogP contribution in [0.5, 0.6) is 5.75 Å². The van der Waals surface area contributed by atoms with E-state index in [1.54, 1.807) is 24.3 Å². The molecule has 32 heavy (non-hydrogen) atoms. The number of aromatic amines is 1. The van der Waals surface area contributed by atoms with Crippen LogP contribution in [-0.2, 0) is 13.2 Å². The fourth-order valence-electron chi connectivity index (χ4n) is 2.83. The van der Waals surface area contributed by atoms with E-state index in [0.717, 1.165) is 17.8 Å². The summed E-state index contributed by atoms with van der Waals surface area (Å²) in [5, 5.41) is 4.74. The second-order valence-corrected chi connectivity index (χ2v) is 6.64. The van der Waals surface area contributed by atoms with Crippen molar-refractivity contribution < 1.29 is 23.1 Å². The van der Waals surface area contributed by atoms with Gasteiger partial charge in [-0.3, -0.25) is 14.4 Å². The molecule has 0 spiro atoms. The van der Waals surface area contributed by atoms with Crippen LogP contribution in [0, 0.1) is 11.6 Å². The second-order valence-electron chi connectivity index (χ2n) is 6.64. The number of hydrogen-bond acceptors (Lipinski definition) is 5.